The molecule has 0 radical (unpaired) electrons. The molecule has 0 spiro atoms. The van der Waals surface area contributed by atoms with Gasteiger partial charge in [-0.25, -0.2) is 8.78 Å². The molecule has 0 fully saturated rings. The molecule has 0 atom stereocenters. The first-order chi connectivity index (χ1) is 11.1. The molecule has 0 saturated heterocycles. The van der Waals surface area contributed by atoms with Crippen molar-refractivity contribution in [1.29, 1.82) is 0 Å². The van der Waals surface area contributed by atoms with Crippen LogP contribution >= 0.6 is 0 Å². The quantitative estimate of drug-likeness (QED) is 0.778. The van der Waals surface area contributed by atoms with Crippen LogP contribution in [0.1, 0.15) is 23.0 Å². The summed E-state index contributed by atoms with van der Waals surface area (Å²) in [6.45, 7) is 0.0151. The number of rotatable bonds is 5. The molecule has 23 heavy (non-hydrogen) atoms. The first-order valence-electron chi connectivity index (χ1n) is 7.05. The van der Waals surface area contributed by atoms with Crippen LogP contribution in [0.3, 0.4) is 0 Å². The maximum absolute atomic E-state index is 13.8. The summed E-state index contributed by atoms with van der Waals surface area (Å²) in [6.07, 6.45) is 5.36. The first-order valence-corrected chi connectivity index (χ1v) is 7.05. The molecule has 6 nitrogen and oxygen atoms in total. The molecule has 0 aromatic carbocycles. The summed E-state index contributed by atoms with van der Waals surface area (Å²) >= 11 is 0. The first kappa shape index (κ1) is 15.3. The van der Waals surface area contributed by atoms with Gasteiger partial charge in [-0.1, -0.05) is 0 Å². The summed E-state index contributed by atoms with van der Waals surface area (Å²) < 4.78 is 31.0. The zero-order valence-electron chi connectivity index (χ0n) is 12.7. The molecule has 0 amide bonds. The largest absolute Gasteiger partial charge is 0.299 e. The van der Waals surface area contributed by atoms with Gasteiger partial charge in [0.05, 0.1) is 29.8 Å². The van der Waals surface area contributed by atoms with Crippen LogP contribution in [0.25, 0.3) is 0 Å². The van der Waals surface area contributed by atoms with E-state index in [9.17, 15) is 8.78 Å². The van der Waals surface area contributed by atoms with Gasteiger partial charge in [0.2, 0.25) is 0 Å². The van der Waals surface area contributed by atoms with Crippen LogP contribution in [0.4, 0.5) is 8.78 Å². The Hall–Kier alpha value is -2.61. The molecule has 3 rings (SSSR count). The number of aryl methyl sites for hydroxylation is 2. The average Bonchev–Trinajstić information content (AvgIpc) is 3.12. The Labute approximate surface area is 131 Å². The van der Waals surface area contributed by atoms with Gasteiger partial charge >= 0.3 is 0 Å². The fourth-order valence-electron chi connectivity index (χ4n) is 2.51. The average molecular weight is 318 g/mol. The van der Waals surface area contributed by atoms with E-state index in [-0.39, 0.29) is 18.2 Å². The molecule has 0 unspecified atom stereocenters. The summed E-state index contributed by atoms with van der Waals surface area (Å²) in [5.74, 6) is -1.35. The Balaban J connectivity index is 1.91. The van der Waals surface area contributed by atoms with Crippen molar-refractivity contribution in [2.75, 3.05) is 0 Å². The third-order valence-electron chi connectivity index (χ3n) is 3.74. The van der Waals surface area contributed by atoms with E-state index in [0.29, 0.717) is 0 Å². The van der Waals surface area contributed by atoms with E-state index >= 15 is 0 Å². The molecule has 0 bridgehead atoms. The number of hydrogen-bond donors (Lipinski definition) is 1. The number of nitrogens with zero attached hydrogens (tertiary/aromatic N) is 5. The highest BCUT2D eigenvalue weighted by atomic mass is 19.1. The highest BCUT2D eigenvalue weighted by molar-refractivity contribution is 5.22. The second kappa shape index (κ2) is 6.25. The third-order valence-corrected chi connectivity index (χ3v) is 3.74. The predicted octanol–water partition coefficient (Wildman–Crippen LogP) is 1.71. The summed E-state index contributed by atoms with van der Waals surface area (Å²) in [5.41, 5.74) is 1.68. The monoisotopic (exact) mass is 318 g/mol. The van der Waals surface area contributed by atoms with Gasteiger partial charge in [-0.3, -0.25) is 19.7 Å². The SMILES string of the molecule is Cn1nccc1C(NCc1c(F)cncc1F)c1ccnn1C. The van der Waals surface area contributed by atoms with Crippen LogP contribution in [0.15, 0.2) is 36.9 Å². The minimum Gasteiger partial charge on any atom is -0.299 e. The van der Waals surface area contributed by atoms with E-state index in [1.807, 2.05) is 26.2 Å². The molecule has 3 aromatic rings. The number of pyridine rings is 1. The van der Waals surface area contributed by atoms with Crippen LogP contribution < -0.4 is 5.32 Å². The van der Waals surface area contributed by atoms with Crippen molar-refractivity contribution < 1.29 is 8.78 Å². The minimum atomic E-state index is -0.675. The molecule has 3 heterocycles. The lowest BCUT2D eigenvalue weighted by atomic mass is 10.1. The highest BCUT2D eigenvalue weighted by Gasteiger charge is 2.21. The van der Waals surface area contributed by atoms with Crippen molar-refractivity contribution in [1.82, 2.24) is 29.9 Å². The van der Waals surface area contributed by atoms with Gasteiger partial charge in [-0.2, -0.15) is 10.2 Å². The van der Waals surface area contributed by atoms with E-state index in [1.165, 1.54) is 0 Å². The zero-order valence-corrected chi connectivity index (χ0v) is 12.7. The molecular formula is C15H16F2N6. The van der Waals surface area contributed by atoms with Crippen molar-refractivity contribution in [2.24, 2.45) is 14.1 Å². The Kier molecular flexibility index (Phi) is 4.16. The number of aromatic nitrogens is 5. The van der Waals surface area contributed by atoms with Crippen molar-refractivity contribution in [2.45, 2.75) is 12.6 Å². The second-order valence-corrected chi connectivity index (χ2v) is 5.15. The highest BCUT2D eigenvalue weighted by Crippen LogP contribution is 2.22. The van der Waals surface area contributed by atoms with Crippen molar-refractivity contribution >= 4 is 0 Å². The summed E-state index contributed by atoms with van der Waals surface area (Å²) in [4.78, 5) is 3.49. The molecule has 0 aliphatic heterocycles. The van der Waals surface area contributed by atoms with Gasteiger partial charge in [0, 0.05) is 38.6 Å². The smallest absolute Gasteiger partial charge is 0.148 e. The fraction of sp³-hybridized carbons (Fsp3) is 0.267. The van der Waals surface area contributed by atoms with Crippen LogP contribution in [-0.4, -0.2) is 24.5 Å². The lowest BCUT2D eigenvalue weighted by molar-refractivity contribution is 0.486. The Morgan fingerprint density at radius 2 is 1.52 bits per heavy atom. The summed E-state index contributed by atoms with van der Waals surface area (Å²) in [6, 6.07) is 3.40. The Bertz CT molecular complexity index is 749. The fourth-order valence-corrected chi connectivity index (χ4v) is 2.51. The zero-order chi connectivity index (χ0) is 16.4. The Morgan fingerprint density at radius 3 is 1.96 bits per heavy atom. The molecule has 120 valence electrons. The van der Waals surface area contributed by atoms with Crippen LogP contribution in [0.2, 0.25) is 0 Å². The molecular weight excluding hydrogens is 302 g/mol. The maximum atomic E-state index is 13.8. The van der Waals surface area contributed by atoms with Crippen molar-refractivity contribution in [3.8, 4) is 0 Å². The molecule has 1 N–H and O–H groups in total. The van der Waals surface area contributed by atoms with E-state index in [4.69, 9.17) is 0 Å². The van der Waals surface area contributed by atoms with Gasteiger partial charge in [0.15, 0.2) is 0 Å². The second-order valence-electron chi connectivity index (χ2n) is 5.15. The third kappa shape index (κ3) is 2.98. The lowest BCUT2D eigenvalue weighted by Crippen LogP contribution is -2.27. The standard InChI is InChI=1S/C15H16F2N6/c1-22-13(3-5-20-22)15(14-4-6-21-23(14)2)19-7-10-11(16)8-18-9-12(10)17/h3-6,8-9,15,19H,7H2,1-2H3. The molecule has 3 aromatic heterocycles. The van der Waals surface area contributed by atoms with E-state index in [0.717, 1.165) is 23.8 Å². The van der Waals surface area contributed by atoms with Gasteiger partial charge in [0.1, 0.15) is 11.6 Å². The minimum absolute atomic E-state index is 0.0151. The normalized spacial score (nSPS) is 11.3. The molecule has 0 aliphatic rings. The van der Waals surface area contributed by atoms with Crippen LogP contribution in [0, 0.1) is 11.6 Å². The number of nitrogens with one attached hydrogen (secondary N) is 1. The van der Waals surface area contributed by atoms with Gasteiger partial charge in [-0.05, 0) is 12.1 Å². The number of halogens is 2. The maximum Gasteiger partial charge on any atom is 0.148 e. The van der Waals surface area contributed by atoms with Gasteiger partial charge in [-0.15, -0.1) is 0 Å². The molecule has 0 aliphatic carbocycles. The van der Waals surface area contributed by atoms with Crippen molar-refractivity contribution in [3.63, 3.8) is 0 Å². The van der Waals surface area contributed by atoms with Crippen molar-refractivity contribution in [3.05, 3.63) is 65.5 Å². The van der Waals surface area contributed by atoms with E-state index in [2.05, 4.69) is 20.5 Å². The van der Waals surface area contributed by atoms with Crippen LogP contribution in [-0.2, 0) is 20.6 Å². The van der Waals surface area contributed by atoms with E-state index in [1.54, 1.807) is 21.8 Å². The molecule has 8 heteroatoms. The predicted molar refractivity (Wildman–Crippen MR) is 79.3 cm³/mol. The molecule has 0 saturated carbocycles. The lowest BCUT2D eigenvalue weighted by Gasteiger charge is -2.20. The summed E-state index contributed by atoms with van der Waals surface area (Å²) in [7, 11) is 3.63. The van der Waals surface area contributed by atoms with Crippen LogP contribution in [0.5, 0.6) is 0 Å². The summed E-state index contributed by atoms with van der Waals surface area (Å²) in [5, 5.41) is 11.5. The topological polar surface area (TPSA) is 60.6 Å². The van der Waals surface area contributed by atoms with Gasteiger partial charge in [0.25, 0.3) is 0 Å². The van der Waals surface area contributed by atoms with Gasteiger partial charge < -0.3 is 0 Å². The Morgan fingerprint density at radius 1 is 1.00 bits per heavy atom. The number of hydrogen-bond acceptors (Lipinski definition) is 4. The van der Waals surface area contributed by atoms with E-state index < -0.39 is 11.6 Å².